The lowest BCUT2D eigenvalue weighted by Gasteiger charge is -2.28. The lowest BCUT2D eigenvalue weighted by molar-refractivity contribution is 0.474. The lowest BCUT2D eigenvalue weighted by Crippen LogP contribution is -2.37. The average Bonchev–Trinajstić information content (AvgIpc) is 2.93. The lowest BCUT2D eigenvalue weighted by atomic mass is 10.0. The molecule has 2 unspecified atom stereocenters. The van der Waals surface area contributed by atoms with Crippen molar-refractivity contribution in [3.05, 3.63) is 5.82 Å². The van der Waals surface area contributed by atoms with Gasteiger partial charge in [0.2, 0.25) is 5.13 Å². The van der Waals surface area contributed by atoms with Crippen molar-refractivity contribution in [1.82, 2.24) is 9.36 Å². The Bertz CT molecular complexity index is 388. The molecule has 0 spiro atoms. The summed E-state index contributed by atoms with van der Waals surface area (Å²) in [6, 6.07) is 0.569. The molecule has 2 aliphatic carbocycles. The minimum Gasteiger partial charge on any atom is -0.347 e. The predicted molar refractivity (Wildman–Crippen MR) is 70.5 cm³/mol. The van der Waals surface area contributed by atoms with Crippen LogP contribution in [0.3, 0.4) is 0 Å². The summed E-state index contributed by atoms with van der Waals surface area (Å²) < 4.78 is 4.48. The van der Waals surface area contributed by atoms with Gasteiger partial charge in [0, 0.05) is 30.5 Å². The Morgan fingerprint density at radius 3 is 2.88 bits per heavy atom. The Morgan fingerprint density at radius 1 is 1.35 bits per heavy atom. The van der Waals surface area contributed by atoms with Crippen molar-refractivity contribution in [1.29, 1.82) is 0 Å². The fourth-order valence-electron chi connectivity index (χ4n) is 2.82. The number of nitrogens with zero attached hydrogens (tertiary/aromatic N) is 3. The largest absolute Gasteiger partial charge is 0.347 e. The zero-order chi connectivity index (χ0) is 11.8. The van der Waals surface area contributed by atoms with Gasteiger partial charge in [0.25, 0.3) is 0 Å². The molecule has 2 aliphatic rings. The van der Waals surface area contributed by atoms with Crippen molar-refractivity contribution in [3.63, 3.8) is 0 Å². The van der Waals surface area contributed by atoms with Crippen LogP contribution in [0.1, 0.15) is 43.8 Å². The van der Waals surface area contributed by atoms with Gasteiger partial charge in [0.15, 0.2) is 0 Å². The van der Waals surface area contributed by atoms with Crippen molar-refractivity contribution in [3.8, 4) is 0 Å². The molecule has 0 amide bonds. The van der Waals surface area contributed by atoms with Gasteiger partial charge in [-0.2, -0.15) is 4.37 Å². The topological polar surface area (TPSA) is 55.0 Å². The van der Waals surface area contributed by atoms with Gasteiger partial charge in [-0.05, 0) is 38.1 Å². The summed E-state index contributed by atoms with van der Waals surface area (Å²) >= 11 is 1.55. The molecule has 0 aliphatic heterocycles. The summed E-state index contributed by atoms with van der Waals surface area (Å²) in [6.07, 6.45) is 6.35. The van der Waals surface area contributed by atoms with Gasteiger partial charge in [-0.1, -0.05) is 6.42 Å². The van der Waals surface area contributed by atoms with Crippen molar-refractivity contribution in [2.24, 2.45) is 11.7 Å². The second kappa shape index (κ2) is 4.53. The minimum atomic E-state index is 0.569. The van der Waals surface area contributed by atoms with Crippen molar-refractivity contribution < 1.29 is 0 Å². The van der Waals surface area contributed by atoms with Crippen LogP contribution in [0.4, 0.5) is 5.13 Å². The fourth-order valence-corrected chi connectivity index (χ4v) is 3.58. The molecular weight excluding hydrogens is 232 g/mol. The first-order valence-corrected chi connectivity index (χ1v) is 7.33. The molecule has 1 aromatic rings. The van der Waals surface area contributed by atoms with Gasteiger partial charge in [-0.25, -0.2) is 4.98 Å². The monoisotopic (exact) mass is 252 g/mol. The molecule has 2 fully saturated rings. The van der Waals surface area contributed by atoms with E-state index in [0.717, 1.165) is 17.5 Å². The molecule has 1 aromatic heterocycles. The van der Waals surface area contributed by atoms with E-state index in [1.807, 2.05) is 0 Å². The van der Waals surface area contributed by atoms with Gasteiger partial charge < -0.3 is 10.6 Å². The third-order valence-electron chi connectivity index (χ3n) is 4.09. The summed E-state index contributed by atoms with van der Waals surface area (Å²) in [7, 11) is 2.15. The van der Waals surface area contributed by atoms with E-state index in [0.29, 0.717) is 17.9 Å². The van der Waals surface area contributed by atoms with E-state index >= 15 is 0 Å². The highest BCUT2D eigenvalue weighted by Gasteiger charge is 2.32. The Kier molecular flexibility index (Phi) is 3.04. The second-order valence-corrected chi connectivity index (χ2v) is 6.04. The second-order valence-electron chi connectivity index (χ2n) is 5.31. The van der Waals surface area contributed by atoms with Gasteiger partial charge in [0.05, 0.1) is 0 Å². The van der Waals surface area contributed by atoms with E-state index < -0.39 is 0 Å². The SMILES string of the molecule is CN(c1nc(C2CC2)ns1)C1CCCC1CN. The normalized spacial score (nSPS) is 28.6. The molecule has 5 heteroatoms. The maximum atomic E-state index is 5.84. The number of nitrogens with two attached hydrogens (primary N) is 1. The minimum absolute atomic E-state index is 0.569. The van der Waals surface area contributed by atoms with Crippen molar-refractivity contribution in [2.45, 2.75) is 44.1 Å². The number of aromatic nitrogens is 2. The van der Waals surface area contributed by atoms with Crippen LogP contribution in [-0.2, 0) is 0 Å². The highest BCUT2D eigenvalue weighted by molar-refractivity contribution is 7.09. The van der Waals surface area contributed by atoms with Crippen LogP contribution in [0.15, 0.2) is 0 Å². The van der Waals surface area contributed by atoms with E-state index in [2.05, 4.69) is 21.3 Å². The number of hydrogen-bond donors (Lipinski definition) is 1. The van der Waals surface area contributed by atoms with Crippen LogP contribution in [0.5, 0.6) is 0 Å². The van der Waals surface area contributed by atoms with Crippen LogP contribution in [0.2, 0.25) is 0 Å². The Balaban J connectivity index is 1.73. The molecule has 0 radical (unpaired) electrons. The van der Waals surface area contributed by atoms with E-state index in [-0.39, 0.29) is 0 Å². The molecule has 4 nitrogen and oxygen atoms in total. The Morgan fingerprint density at radius 2 is 2.18 bits per heavy atom. The maximum absolute atomic E-state index is 5.84. The standard InChI is InChI=1S/C12H20N4S/c1-16(10-4-2-3-9(10)7-13)12-14-11(15-17-12)8-5-6-8/h8-10H,2-7,13H2,1H3. The molecule has 2 atom stereocenters. The van der Waals surface area contributed by atoms with E-state index in [1.165, 1.54) is 32.1 Å². The fraction of sp³-hybridized carbons (Fsp3) is 0.833. The molecule has 2 N–H and O–H groups in total. The zero-order valence-corrected chi connectivity index (χ0v) is 11.1. The quantitative estimate of drug-likeness (QED) is 0.890. The third kappa shape index (κ3) is 2.18. The molecule has 0 saturated heterocycles. The molecule has 0 bridgehead atoms. The molecule has 94 valence electrons. The molecule has 0 aromatic carbocycles. The van der Waals surface area contributed by atoms with Crippen LogP contribution in [-0.4, -0.2) is 29.0 Å². The number of anilines is 1. The molecule has 2 saturated carbocycles. The summed E-state index contributed by atoms with van der Waals surface area (Å²) in [5.41, 5.74) is 5.84. The van der Waals surface area contributed by atoms with Gasteiger partial charge in [-0.15, -0.1) is 0 Å². The molecular formula is C12H20N4S. The first kappa shape index (κ1) is 11.4. The summed E-state index contributed by atoms with van der Waals surface area (Å²) in [5, 5.41) is 1.08. The highest BCUT2D eigenvalue weighted by Crippen LogP contribution is 2.40. The van der Waals surface area contributed by atoms with Crippen LogP contribution >= 0.6 is 11.5 Å². The Hall–Kier alpha value is -0.680. The predicted octanol–water partition coefficient (Wildman–Crippen LogP) is 1.98. The van der Waals surface area contributed by atoms with E-state index in [1.54, 1.807) is 11.5 Å². The van der Waals surface area contributed by atoms with Crippen LogP contribution < -0.4 is 10.6 Å². The molecule has 3 rings (SSSR count). The summed E-state index contributed by atoms with van der Waals surface area (Å²) in [6.45, 7) is 0.795. The number of rotatable bonds is 4. The molecule has 17 heavy (non-hydrogen) atoms. The van der Waals surface area contributed by atoms with Gasteiger partial charge in [-0.3, -0.25) is 0 Å². The zero-order valence-electron chi connectivity index (χ0n) is 10.3. The van der Waals surface area contributed by atoms with E-state index in [4.69, 9.17) is 5.73 Å². The third-order valence-corrected chi connectivity index (χ3v) is 4.92. The van der Waals surface area contributed by atoms with Gasteiger partial charge in [0.1, 0.15) is 5.82 Å². The Labute approximate surface area is 106 Å². The average molecular weight is 252 g/mol. The van der Waals surface area contributed by atoms with Crippen molar-refractivity contribution in [2.75, 3.05) is 18.5 Å². The maximum Gasteiger partial charge on any atom is 0.205 e. The first-order chi connectivity index (χ1) is 8.29. The van der Waals surface area contributed by atoms with Crippen LogP contribution in [0.25, 0.3) is 0 Å². The summed E-state index contributed by atoms with van der Waals surface area (Å²) in [4.78, 5) is 6.99. The summed E-state index contributed by atoms with van der Waals surface area (Å²) in [5.74, 6) is 2.36. The van der Waals surface area contributed by atoms with E-state index in [9.17, 15) is 0 Å². The molecule has 1 heterocycles. The van der Waals surface area contributed by atoms with Crippen LogP contribution in [0, 0.1) is 5.92 Å². The van der Waals surface area contributed by atoms with Crippen molar-refractivity contribution >= 4 is 16.7 Å². The first-order valence-electron chi connectivity index (χ1n) is 6.56. The highest BCUT2D eigenvalue weighted by atomic mass is 32.1. The number of hydrogen-bond acceptors (Lipinski definition) is 5. The smallest absolute Gasteiger partial charge is 0.205 e. The van der Waals surface area contributed by atoms with Gasteiger partial charge >= 0.3 is 0 Å².